The number of hydrogen-bond donors (Lipinski definition) is 2. The molecule has 0 atom stereocenters. The fraction of sp³-hybridized carbons (Fsp3) is 0.750. The highest BCUT2D eigenvalue weighted by Gasteiger charge is 1.98. The van der Waals surface area contributed by atoms with Gasteiger partial charge in [-0.25, -0.2) is 10.6 Å². The lowest BCUT2D eigenvalue weighted by molar-refractivity contribution is 0.0166. The van der Waals surface area contributed by atoms with Crippen LogP contribution in [0.5, 0.6) is 0 Å². The van der Waals surface area contributed by atoms with Gasteiger partial charge in [0.15, 0.2) is 0 Å². The molecule has 0 aromatic heterocycles. The summed E-state index contributed by atoms with van der Waals surface area (Å²) in [5, 5.41) is 0. The van der Waals surface area contributed by atoms with Gasteiger partial charge in [-0.3, -0.25) is 0 Å². The van der Waals surface area contributed by atoms with Crippen molar-refractivity contribution in [1.29, 1.82) is 0 Å². The van der Waals surface area contributed by atoms with Crippen LogP contribution in [-0.4, -0.2) is 12.8 Å². The minimum atomic E-state index is -0.806. The molecule has 5 heteroatoms. The summed E-state index contributed by atoms with van der Waals surface area (Å²) < 4.78 is 4.43. The maximum absolute atomic E-state index is 10.2. The Hall–Kier alpha value is -0.810. The zero-order valence-electron chi connectivity index (χ0n) is 5.22. The SMILES string of the molecule is CCCOC(=O)ONN. The average Bonchev–Trinajstić information content (AvgIpc) is 1.85. The summed E-state index contributed by atoms with van der Waals surface area (Å²) in [6.07, 6.45) is -0.0426. The molecule has 0 aromatic rings. The van der Waals surface area contributed by atoms with Crippen molar-refractivity contribution in [2.75, 3.05) is 6.61 Å². The van der Waals surface area contributed by atoms with Crippen molar-refractivity contribution in [3.8, 4) is 0 Å². The zero-order chi connectivity index (χ0) is 7.11. The number of nitrogens with two attached hydrogens (primary N) is 1. The van der Waals surface area contributed by atoms with Crippen molar-refractivity contribution in [2.24, 2.45) is 5.84 Å². The quantitative estimate of drug-likeness (QED) is 0.321. The molecule has 0 heterocycles. The molecule has 0 spiro atoms. The van der Waals surface area contributed by atoms with E-state index in [0.717, 1.165) is 6.42 Å². The zero-order valence-corrected chi connectivity index (χ0v) is 5.22. The fourth-order valence-electron chi connectivity index (χ4n) is 0.263. The van der Waals surface area contributed by atoms with Gasteiger partial charge in [-0.1, -0.05) is 12.5 Å². The summed E-state index contributed by atoms with van der Waals surface area (Å²) in [6.45, 7) is 2.23. The number of ether oxygens (including phenoxy) is 1. The predicted octanol–water partition coefficient (Wildman–Crippen LogP) is -0.0721. The van der Waals surface area contributed by atoms with Crippen molar-refractivity contribution >= 4 is 6.16 Å². The molecule has 54 valence electrons. The third-order valence-corrected chi connectivity index (χ3v) is 0.566. The van der Waals surface area contributed by atoms with Gasteiger partial charge in [0.25, 0.3) is 0 Å². The molecule has 0 aliphatic heterocycles. The molecule has 9 heavy (non-hydrogen) atoms. The average molecular weight is 134 g/mol. The highest BCUT2D eigenvalue weighted by molar-refractivity contribution is 5.59. The summed E-state index contributed by atoms with van der Waals surface area (Å²) in [7, 11) is 0. The summed E-state index contributed by atoms with van der Waals surface area (Å²) in [6, 6.07) is 0. The molecule has 5 nitrogen and oxygen atoms in total. The third-order valence-electron chi connectivity index (χ3n) is 0.566. The Morgan fingerprint density at radius 2 is 2.44 bits per heavy atom. The Balaban J connectivity index is 3.06. The van der Waals surface area contributed by atoms with Gasteiger partial charge in [0.1, 0.15) is 0 Å². The number of rotatable bonds is 3. The Bertz CT molecular complexity index is 85.9. The normalized spacial score (nSPS) is 8.67. The van der Waals surface area contributed by atoms with Crippen LogP contribution >= 0.6 is 0 Å². The Kier molecular flexibility index (Phi) is 4.85. The predicted molar refractivity (Wildman–Crippen MR) is 30.0 cm³/mol. The lowest BCUT2D eigenvalue weighted by Crippen LogP contribution is -2.26. The van der Waals surface area contributed by atoms with Crippen LogP contribution in [0.25, 0.3) is 0 Å². The fourth-order valence-corrected chi connectivity index (χ4v) is 0.263. The van der Waals surface area contributed by atoms with E-state index in [4.69, 9.17) is 0 Å². The Morgan fingerprint density at radius 1 is 1.78 bits per heavy atom. The van der Waals surface area contributed by atoms with Gasteiger partial charge in [-0.05, 0) is 6.42 Å². The first-order valence-electron chi connectivity index (χ1n) is 2.60. The maximum atomic E-state index is 10.2. The lowest BCUT2D eigenvalue weighted by atomic mass is 10.5. The topological polar surface area (TPSA) is 73.6 Å². The second-order valence-corrected chi connectivity index (χ2v) is 1.32. The molecule has 0 unspecified atom stereocenters. The lowest BCUT2D eigenvalue weighted by Gasteiger charge is -2.00. The van der Waals surface area contributed by atoms with E-state index in [1.54, 1.807) is 5.59 Å². The monoisotopic (exact) mass is 134 g/mol. The molecular weight excluding hydrogens is 124 g/mol. The van der Waals surface area contributed by atoms with Crippen LogP contribution < -0.4 is 11.4 Å². The maximum Gasteiger partial charge on any atom is 0.528 e. The van der Waals surface area contributed by atoms with E-state index >= 15 is 0 Å². The first-order valence-corrected chi connectivity index (χ1v) is 2.60. The molecule has 0 bridgehead atoms. The van der Waals surface area contributed by atoms with Crippen LogP contribution in [0.15, 0.2) is 0 Å². The van der Waals surface area contributed by atoms with E-state index in [2.05, 4.69) is 15.4 Å². The summed E-state index contributed by atoms with van der Waals surface area (Å²) in [5.74, 6) is 4.63. The van der Waals surface area contributed by atoms with E-state index in [9.17, 15) is 4.79 Å². The van der Waals surface area contributed by atoms with Crippen LogP contribution in [0, 0.1) is 0 Å². The molecular formula is C4H10N2O3. The Labute approximate surface area is 53.0 Å². The minimum Gasteiger partial charge on any atom is -0.433 e. The standard InChI is InChI=1S/C4H10N2O3/c1-2-3-8-4(7)9-6-5/h6H,2-3,5H2,1H3. The van der Waals surface area contributed by atoms with Crippen LogP contribution in [0.2, 0.25) is 0 Å². The van der Waals surface area contributed by atoms with Crippen molar-refractivity contribution in [3.05, 3.63) is 0 Å². The van der Waals surface area contributed by atoms with E-state index in [-0.39, 0.29) is 0 Å². The summed E-state index contributed by atoms with van der Waals surface area (Å²) >= 11 is 0. The molecule has 0 aliphatic carbocycles. The molecule has 0 saturated heterocycles. The van der Waals surface area contributed by atoms with Crippen molar-refractivity contribution in [2.45, 2.75) is 13.3 Å². The number of hydrogen-bond acceptors (Lipinski definition) is 5. The summed E-state index contributed by atoms with van der Waals surface area (Å²) in [5.41, 5.74) is 1.70. The molecule has 0 aliphatic rings. The van der Waals surface area contributed by atoms with Crippen LogP contribution in [0.1, 0.15) is 13.3 Å². The van der Waals surface area contributed by atoms with Crippen LogP contribution in [0.4, 0.5) is 4.79 Å². The van der Waals surface area contributed by atoms with Gasteiger partial charge in [0, 0.05) is 0 Å². The van der Waals surface area contributed by atoms with Gasteiger partial charge in [0.05, 0.1) is 6.61 Å². The van der Waals surface area contributed by atoms with E-state index in [1.165, 1.54) is 0 Å². The van der Waals surface area contributed by atoms with Crippen molar-refractivity contribution in [3.63, 3.8) is 0 Å². The van der Waals surface area contributed by atoms with Crippen molar-refractivity contribution < 1.29 is 14.4 Å². The molecule has 0 amide bonds. The second kappa shape index (κ2) is 5.33. The first-order chi connectivity index (χ1) is 4.31. The van der Waals surface area contributed by atoms with Gasteiger partial charge in [0.2, 0.25) is 0 Å². The van der Waals surface area contributed by atoms with Crippen molar-refractivity contribution in [1.82, 2.24) is 5.59 Å². The Morgan fingerprint density at radius 3 is 2.89 bits per heavy atom. The second-order valence-electron chi connectivity index (χ2n) is 1.32. The van der Waals surface area contributed by atoms with E-state index < -0.39 is 6.16 Å². The molecule has 0 aromatic carbocycles. The first kappa shape index (κ1) is 8.19. The number of carbonyl (C=O) groups is 1. The molecule has 0 rings (SSSR count). The number of hydrazine groups is 1. The smallest absolute Gasteiger partial charge is 0.433 e. The van der Waals surface area contributed by atoms with Gasteiger partial charge < -0.3 is 9.57 Å². The molecule has 0 fully saturated rings. The van der Waals surface area contributed by atoms with Gasteiger partial charge in [-0.15, -0.1) is 0 Å². The van der Waals surface area contributed by atoms with Gasteiger partial charge in [-0.2, -0.15) is 0 Å². The number of nitrogens with one attached hydrogen (secondary N) is 1. The highest BCUT2D eigenvalue weighted by Crippen LogP contribution is 1.82. The molecule has 3 N–H and O–H groups in total. The van der Waals surface area contributed by atoms with Crippen LogP contribution in [-0.2, 0) is 9.57 Å². The van der Waals surface area contributed by atoms with Gasteiger partial charge >= 0.3 is 6.16 Å². The summed E-state index contributed by atoms with van der Waals surface area (Å²) in [4.78, 5) is 14.2. The third kappa shape index (κ3) is 5.05. The largest absolute Gasteiger partial charge is 0.528 e. The minimum absolute atomic E-state index is 0.348. The molecule has 0 radical (unpaired) electrons. The van der Waals surface area contributed by atoms with E-state index in [1.807, 2.05) is 6.92 Å². The number of carbonyl (C=O) groups excluding carboxylic acids is 1. The van der Waals surface area contributed by atoms with E-state index in [0.29, 0.717) is 6.61 Å². The molecule has 0 saturated carbocycles. The highest BCUT2D eigenvalue weighted by atomic mass is 16.8. The van der Waals surface area contributed by atoms with Crippen LogP contribution in [0.3, 0.4) is 0 Å².